The van der Waals surface area contributed by atoms with Crippen LogP contribution in [0.5, 0.6) is 0 Å². The first-order chi connectivity index (χ1) is 10.1. The number of anilines is 1. The number of ether oxygens (including phenoxy) is 1. The van der Waals surface area contributed by atoms with Crippen LogP contribution < -0.4 is 10.6 Å². The highest BCUT2D eigenvalue weighted by Crippen LogP contribution is 2.14. The van der Waals surface area contributed by atoms with Crippen LogP contribution >= 0.6 is 0 Å². The third-order valence-electron chi connectivity index (χ3n) is 3.59. The second-order valence-corrected chi connectivity index (χ2v) is 4.92. The van der Waals surface area contributed by atoms with Crippen molar-refractivity contribution in [2.45, 2.75) is 6.42 Å². The smallest absolute Gasteiger partial charge is 0.306 e. The van der Waals surface area contributed by atoms with Crippen molar-refractivity contribution < 1.29 is 14.3 Å². The molecule has 0 saturated carbocycles. The number of amides is 1. The second kappa shape index (κ2) is 7.03. The summed E-state index contributed by atoms with van der Waals surface area (Å²) < 4.78 is 4.64. The highest BCUT2D eigenvalue weighted by Gasteiger charge is 2.18. The Morgan fingerprint density at radius 1 is 1.29 bits per heavy atom. The van der Waals surface area contributed by atoms with E-state index in [-0.39, 0.29) is 5.97 Å². The number of carbonyl (C=O) groups excluding carboxylic acids is 2. The molecule has 2 heterocycles. The molecule has 2 rings (SSSR count). The molecule has 0 aliphatic carbocycles. The molecule has 1 aromatic heterocycles. The lowest BCUT2D eigenvalue weighted by Gasteiger charge is -2.35. The summed E-state index contributed by atoms with van der Waals surface area (Å²) in [6.07, 6.45) is 1.92. The molecular formula is C14H20N4O3. The summed E-state index contributed by atoms with van der Waals surface area (Å²) in [5, 5.41) is 0. The van der Waals surface area contributed by atoms with Crippen LogP contribution in [0, 0.1) is 0 Å². The van der Waals surface area contributed by atoms with E-state index in [9.17, 15) is 9.59 Å². The van der Waals surface area contributed by atoms with Crippen LogP contribution in [0.4, 0.5) is 5.82 Å². The molecule has 1 aliphatic rings. The van der Waals surface area contributed by atoms with E-state index in [1.807, 2.05) is 6.07 Å². The van der Waals surface area contributed by atoms with Crippen molar-refractivity contribution in [3.8, 4) is 0 Å². The fourth-order valence-electron chi connectivity index (χ4n) is 2.27. The molecule has 2 N–H and O–H groups in total. The highest BCUT2D eigenvalue weighted by molar-refractivity contribution is 5.92. The van der Waals surface area contributed by atoms with Crippen LogP contribution in [0.1, 0.15) is 16.8 Å². The van der Waals surface area contributed by atoms with Crippen LogP contribution in [-0.4, -0.2) is 61.6 Å². The van der Waals surface area contributed by atoms with Gasteiger partial charge >= 0.3 is 5.97 Å². The molecule has 1 saturated heterocycles. The van der Waals surface area contributed by atoms with E-state index >= 15 is 0 Å². The first-order valence-corrected chi connectivity index (χ1v) is 6.90. The van der Waals surface area contributed by atoms with Crippen LogP contribution in [0.25, 0.3) is 0 Å². The molecule has 1 aromatic rings. The third-order valence-corrected chi connectivity index (χ3v) is 3.59. The molecule has 1 amide bonds. The molecular weight excluding hydrogens is 272 g/mol. The Bertz CT molecular complexity index is 495. The summed E-state index contributed by atoms with van der Waals surface area (Å²) in [6, 6.07) is 3.50. The highest BCUT2D eigenvalue weighted by atomic mass is 16.5. The lowest BCUT2D eigenvalue weighted by atomic mass is 10.2. The van der Waals surface area contributed by atoms with Crippen molar-refractivity contribution in [2.24, 2.45) is 5.73 Å². The molecule has 0 bridgehead atoms. The Morgan fingerprint density at radius 3 is 2.52 bits per heavy atom. The second-order valence-electron chi connectivity index (χ2n) is 4.92. The number of methoxy groups -OCH3 is 1. The zero-order valence-electron chi connectivity index (χ0n) is 12.1. The zero-order valence-corrected chi connectivity index (χ0v) is 12.1. The summed E-state index contributed by atoms with van der Waals surface area (Å²) in [7, 11) is 1.40. The topological polar surface area (TPSA) is 88.8 Å². The standard InChI is InChI=1S/C14H20N4O3/c1-21-13(19)4-5-17-6-8-18(9-7-17)12-3-2-11(10-16-12)14(15)20/h2-3,10H,4-9H2,1H3,(H2,15,20). The monoisotopic (exact) mass is 292 g/mol. The molecule has 1 aliphatic heterocycles. The van der Waals surface area contributed by atoms with Crippen molar-refractivity contribution in [2.75, 3.05) is 44.7 Å². The molecule has 21 heavy (non-hydrogen) atoms. The average Bonchev–Trinajstić information content (AvgIpc) is 2.53. The van der Waals surface area contributed by atoms with Gasteiger partial charge in [-0.15, -0.1) is 0 Å². The minimum Gasteiger partial charge on any atom is -0.469 e. The van der Waals surface area contributed by atoms with Gasteiger partial charge in [0, 0.05) is 38.9 Å². The quantitative estimate of drug-likeness (QED) is 0.760. The van der Waals surface area contributed by atoms with E-state index in [0.717, 1.165) is 32.0 Å². The summed E-state index contributed by atoms with van der Waals surface area (Å²) in [5.74, 6) is 0.190. The third kappa shape index (κ3) is 4.16. The molecule has 0 atom stereocenters. The summed E-state index contributed by atoms with van der Waals surface area (Å²) >= 11 is 0. The number of aromatic nitrogens is 1. The van der Waals surface area contributed by atoms with Gasteiger partial charge in [0.25, 0.3) is 0 Å². The molecule has 114 valence electrons. The number of piperazine rings is 1. The first kappa shape index (κ1) is 15.2. The number of primary amides is 1. The first-order valence-electron chi connectivity index (χ1n) is 6.90. The van der Waals surface area contributed by atoms with Crippen molar-refractivity contribution in [3.63, 3.8) is 0 Å². The number of rotatable bonds is 5. The number of nitrogens with zero attached hydrogens (tertiary/aromatic N) is 3. The van der Waals surface area contributed by atoms with Crippen molar-refractivity contribution in [1.29, 1.82) is 0 Å². The van der Waals surface area contributed by atoms with Gasteiger partial charge in [0.05, 0.1) is 19.1 Å². The Balaban J connectivity index is 1.83. The van der Waals surface area contributed by atoms with Crippen molar-refractivity contribution in [3.05, 3.63) is 23.9 Å². The summed E-state index contributed by atoms with van der Waals surface area (Å²) in [6.45, 7) is 4.13. The van der Waals surface area contributed by atoms with E-state index in [2.05, 4.69) is 19.5 Å². The van der Waals surface area contributed by atoms with E-state index in [1.54, 1.807) is 6.07 Å². The fraction of sp³-hybridized carbons (Fsp3) is 0.500. The van der Waals surface area contributed by atoms with Gasteiger partial charge in [-0.25, -0.2) is 4.98 Å². The van der Waals surface area contributed by atoms with Gasteiger partial charge in [-0.1, -0.05) is 0 Å². The van der Waals surface area contributed by atoms with E-state index in [4.69, 9.17) is 5.73 Å². The number of hydrogen-bond acceptors (Lipinski definition) is 6. The number of hydrogen-bond donors (Lipinski definition) is 1. The van der Waals surface area contributed by atoms with Gasteiger partial charge in [-0.2, -0.15) is 0 Å². The van der Waals surface area contributed by atoms with E-state index in [0.29, 0.717) is 18.5 Å². The molecule has 1 fully saturated rings. The predicted molar refractivity (Wildman–Crippen MR) is 78.0 cm³/mol. The van der Waals surface area contributed by atoms with Crippen LogP contribution in [-0.2, 0) is 9.53 Å². The summed E-state index contributed by atoms with van der Waals surface area (Å²) in [4.78, 5) is 30.8. The molecule has 7 heteroatoms. The Kier molecular flexibility index (Phi) is 5.10. The van der Waals surface area contributed by atoms with Crippen LogP contribution in [0.2, 0.25) is 0 Å². The van der Waals surface area contributed by atoms with Crippen LogP contribution in [0.15, 0.2) is 18.3 Å². The predicted octanol–water partition coefficient (Wildman–Crippen LogP) is -0.134. The number of nitrogens with two attached hydrogens (primary N) is 1. The SMILES string of the molecule is COC(=O)CCN1CCN(c2ccc(C(N)=O)cn2)CC1. The molecule has 0 radical (unpaired) electrons. The number of pyridine rings is 1. The lowest BCUT2D eigenvalue weighted by molar-refractivity contribution is -0.141. The van der Waals surface area contributed by atoms with E-state index in [1.165, 1.54) is 13.3 Å². The maximum absolute atomic E-state index is 11.1. The van der Waals surface area contributed by atoms with E-state index < -0.39 is 5.91 Å². The minimum atomic E-state index is -0.471. The summed E-state index contributed by atoms with van der Waals surface area (Å²) in [5.41, 5.74) is 5.61. The number of esters is 1. The molecule has 7 nitrogen and oxygen atoms in total. The van der Waals surface area contributed by atoms with Gasteiger partial charge in [0.15, 0.2) is 0 Å². The van der Waals surface area contributed by atoms with Gasteiger partial charge in [0.1, 0.15) is 5.82 Å². The van der Waals surface area contributed by atoms with Crippen LogP contribution in [0.3, 0.4) is 0 Å². The molecule has 0 unspecified atom stereocenters. The lowest BCUT2D eigenvalue weighted by Crippen LogP contribution is -2.47. The largest absolute Gasteiger partial charge is 0.469 e. The zero-order chi connectivity index (χ0) is 15.2. The maximum atomic E-state index is 11.1. The Labute approximate surface area is 123 Å². The average molecular weight is 292 g/mol. The Morgan fingerprint density at radius 2 is 2.00 bits per heavy atom. The Hall–Kier alpha value is -2.15. The molecule has 0 spiro atoms. The minimum absolute atomic E-state index is 0.180. The number of carbonyl (C=O) groups is 2. The van der Waals surface area contributed by atoms with Gasteiger partial charge in [-0.05, 0) is 12.1 Å². The van der Waals surface area contributed by atoms with Gasteiger partial charge in [0.2, 0.25) is 5.91 Å². The van der Waals surface area contributed by atoms with Crippen molar-refractivity contribution >= 4 is 17.7 Å². The van der Waals surface area contributed by atoms with Crippen molar-refractivity contribution in [1.82, 2.24) is 9.88 Å². The molecule has 0 aromatic carbocycles. The normalized spacial score (nSPS) is 15.8. The van der Waals surface area contributed by atoms with Gasteiger partial charge in [-0.3, -0.25) is 14.5 Å². The fourth-order valence-corrected chi connectivity index (χ4v) is 2.27. The maximum Gasteiger partial charge on any atom is 0.306 e. The van der Waals surface area contributed by atoms with Gasteiger partial charge < -0.3 is 15.4 Å².